The van der Waals surface area contributed by atoms with Crippen molar-refractivity contribution >= 4 is 67.3 Å². The second kappa shape index (κ2) is 37.4. The zero-order valence-electron chi connectivity index (χ0n) is 68.5. The fraction of sp³-hybridized carbons (Fsp3) is 0.655. The van der Waals surface area contributed by atoms with Gasteiger partial charge in [-0.3, -0.25) is 9.59 Å². The summed E-state index contributed by atoms with van der Waals surface area (Å²) in [5, 5.41) is 10.6. The third-order valence-corrected chi connectivity index (χ3v) is 38.3. The lowest BCUT2D eigenvalue weighted by Gasteiger charge is -2.40. The quantitative estimate of drug-likeness (QED) is 0.0237. The van der Waals surface area contributed by atoms with Crippen molar-refractivity contribution in [1.82, 2.24) is 0 Å². The summed E-state index contributed by atoms with van der Waals surface area (Å²) in [5.74, 6) is 15.5. The highest BCUT2D eigenvalue weighted by molar-refractivity contribution is 7.63. The van der Waals surface area contributed by atoms with E-state index in [-0.39, 0.29) is 141 Å². The number of carbonyl (C=O) groups excluding carboxylic acids is 6. The SMILES string of the molecule is CC#CC[C@H](C)C(=O)/C=C/[C@H]1C(O[Si](C)(C)C(C)(C)C)C[C@@H]2Oc3c(CCCC(C)=O)cccc3[C@@H]21.CC#CC[C@H](C)C(=O)CP(C)(C)=O.CC(=O)CCCc1cccc2c1O[C@H]1CC(O[Si](C)(C)C(C)(C)C)[C@H](C=O)[C@@H]21.CC(=O)CCCc1cccc2c1O[C@H]1CC(O[Si](C)(C)C(C)(C)C)[C@H](CO)[C@@H]21. The number of rotatable bonds is 28. The Bertz CT molecular complexity index is 3730. The summed E-state index contributed by atoms with van der Waals surface area (Å²) < 4.78 is 51.0. The molecule has 0 amide bonds. The van der Waals surface area contributed by atoms with E-state index in [2.05, 4.69) is 186 Å². The molecule has 3 saturated carbocycles. The molecule has 3 aliphatic carbocycles. The van der Waals surface area contributed by atoms with Gasteiger partial charge in [-0.05, 0) is 164 Å². The maximum absolute atomic E-state index is 12.9. The summed E-state index contributed by atoms with van der Waals surface area (Å²) in [7, 11) is -8.07. The Labute approximate surface area is 635 Å². The fourth-order valence-corrected chi connectivity index (χ4v) is 19.9. The number of aryl methyl sites for hydroxylation is 3. The van der Waals surface area contributed by atoms with Crippen LogP contribution in [0.2, 0.25) is 54.4 Å². The number of ketones is 5. The van der Waals surface area contributed by atoms with Gasteiger partial charge in [0.25, 0.3) is 0 Å². The first-order chi connectivity index (χ1) is 48.8. The molecule has 14 atom stereocenters. The molecular formula is C87H131O14PSi3. The van der Waals surface area contributed by atoms with Crippen LogP contribution in [-0.4, -0.2) is 128 Å². The minimum absolute atomic E-state index is 0.00826. The van der Waals surface area contributed by atoms with Gasteiger partial charge in [-0.15, -0.1) is 23.7 Å². The van der Waals surface area contributed by atoms with Crippen LogP contribution in [0.5, 0.6) is 17.2 Å². The number of ether oxygens (including phenoxy) is 3. The van der Waals surface area contributed by atoms with Crippen molar-refractivity contribution in [2.75, 3.05) is 26.1 Å². The lowest BCUT2D eigenvalue weighted by Crippen LogP contribution is -2.45. The molecule has 14 nitrogen and oxygen atoms in total. The zero-order chi connectivity index (χ0) is 78.5. The van der Waals surface area contributed by atoms with Gasteiger partial charge in [0, 0.05) is 116 Å². The van der Waals surface area contributed by atoms with Crippen LogP contribution < -0.4 is 14.2 Å². The number of hydrogen-bond acceptors (Lipinski definition) is 14. The molecular weight excluding hydrogens is 1380 g/mol. The van der Waals surface area contributed by atoms with Gasteiger partial charge >= 0.3 is 0 Å². The van der Waals surface area contributed by atoms with Crippen molar-refractivity contribution in [2.24, 2.45) is 29.6 Å². The molecule has 0 bridgehead atoms. The second-order valence-electron chi connectivity index (χ2n) is 35.8. The molecule has 3 aromatic rings. The second-order valence-corrected chi connectivity index (χ2v) is 53.6. The summed E-state index contributed by atoms with van der Waals surface area (Å²) in [6, 6.07) is 19.0. The Morgan fingerprint density at radius 3 is 1.25 bits per heavy atom. The molecule has 18 heteroatoms. The summed E-state index contributed by atoms with van der Waals surface area (Å²) in [6.07, 6.45) is 15.7. The lowest BCUT2D eigenvalue weighted by molar-refractivity contribution is -0.120. The van der Waals surface area contributed by atoms with Gasteiger partial charge in [0.1, 0.15) is 65.0 Å². The van der Waals surface area contributed by atoms with Crippen LogP contribution in [0.3, 0.4) is 0 Å². The molecule has 3 aromatic carbocycles. The Kier molecular flexibility index (Phi) is 31.5. The van der Waals surface area contributed by atoms with E-state index >= 15 is 0 Å². The molecule has 0 radical (unpaired) electrons. The molecule has 3 fully saturated rings. The number of hydrogen-bond donors (Lipinski definition) is 1. The standard InChI is InChI=1S/C31H44O4Si.C23H36O4Si.C23H34O4Si.C10H17O2P/c1-9-10-13-21(2)26(33)19-18-24-27(35-36(7,8)31(4,5)6)20-28-29(24)25-17-12-16-23(30(25)34-28)15-11-14-22(3)32;2*1-15(25)9-7-10-16-11-8-12-17-21-18(14-24)19(13-20(21)26-22(16)17)27-28(5,6)23(2,3)4;1-5-6-7-9(2)10(11)8-13(3,4)12/h12,16-19,21,24,27-29H,11,13-15,20H2,1-8H3;8,11-12,18-21,24H,7,9-10,13-14H2,1-6H3;8,11-12,14,18-21H,7,9-10,13H2,1-6H3;9H,7-8H2,1-4H3/b19-18+;;;/t21-,24-,27?,28-,29-;2*18-,19?,20-,21+;9-/m0000/s1. The van der Waals surface area contributed by atoms with Crippen molar-refractivity contribution in [1.29, 1.82) is 0 Å². The molecule has 0 saturated heterocycles. The number of benzene rings is 3. The van der Waals surface area contributed by atoms with E-state index in [4.69, 9.17) is 27.5 Å². The predicted octanol–water partition coefficient (Wildman–Crippen LogP) is 19.2. The van der Waals surface area contributed by atoms with Gasteiger partial charge in [-0.1, -0.05) is 137 Å². The minimum atomic E-state index is -2.21. The number of aliphatic hydroxyl groups is 1. The minimum Gasteiger partial charge on any atom is -0.489 e. The summed E-state index contributed by atoms with van der Waals surface area (Å²) in [4.78, 5) is 70.3. The fourth-order valence-electron chi connectivity index (χ4n) is 14.7. The number of para-hydroxylation sites is 3. The topological polar surface area (TPSA) is 195 Å². The van der Waals surface area contributed by atoms with Crippen LogP contribution in [0.1, 0.15) is 233 Å². The third-order valence-electron chi connectivity index (χ3n) is 23.8. The van der Waals surface area contributed by atoms with Crippen LogP contribution >= 0.6 is 7.14 Å². The van der Waals surface area contributed by atoms with E-state index in [0.29, 0.717) is 32.1 Å². The maximum atomic E-state index is 12.9. The van der Waals surface area contributed by atoms with E-state index < -0.39 is 32.1 Å². The van der Waals surface area contributed by atoms with Crippen LogP contribution in [0.4, 0.5) is 0 Å². The lowest BCUT2D eigenvalue weighted by atomic mass is 9.86. The molecule has 3 aliphatic heterocycles. The Balaban J connectivity index is 0.000000229. The van der Waals surface area contributed by atoms with Crippen molar-refractivity contribution < 1.29 is 65.9 Å². The van der Waals surface area contributed by atoms with E-state index in [1.165, 1.54) is 22.3 Å². The highest BCUT2D eigenvalue weighted by Gasteiger charge is 2.56. The van der Waals surface area contributed by atoms with Gasteiger partial charge in [-0.2, -0.15) is 0 Å². The van der Waals surface area contributed by atoms with Gasteiger partial charge in [-0.25, -0.2) is 0 Å². The van der Waals surface area contributed by atoms with Gasteiger partial charge in [0.2, 0.25) is 0 Å². The molecule has 6 aliphatic rings. The number of aldehydes is 1. The monoisotopic (exact) mass is 1510 g/mol. The summed E-state index contributed by atoms with van der Waals surface area (Å²) in [5.41, 5.74) is 7.09. The van der Waals surface area contributed by atoms with E-state index in [1.807, 2.05) is 13.8 Å². The van der Waals surface area contributed by atoms with Crippen molar-refractivity contribution in [3.8, 4) is 40.9 Å². The van der Waals surface area contributed by atoms with Crippen molar-refractivity contribution in [3.63, 3.8) is 0 Å². The zero-order valence-corrected chi connectivity index (χ0v) is 72.4. The number of allylic oxidation sites excluding steroid dienone is 1. The van der Waals surface area contributed by atoms with Gasteiger partial charge in [0.05, 0.1) is 37.5 Å². The van der Waals surface area contributed by atoms with Crippen LogP contribution in [0, 0.1) is 53.3 Å². The number of aliphatic hydroxyl groups excluding tert-OH is 1. The van der Waals surface area contributed by atoms with Gasteiger partial charge in [0.15, 0.2) is 30.7 Å². The van der Waals surface area contributed by atoms with Crippen LogP contribution in [0.15, 0.2) is 66.7 Å². The van der Waals surface area contributed by atoms with E-state index in [1.54, 1.807) is 54.0 Å². The van der Waals surface area contributed by atoms with E-state index in [0.717, 1.165) is 92.4 Å². The molecule has 1 N–H and O–H groups in total. The first kappa shape index (κ1) is 88.6. The molecule has 0 aromatic heterocycles. The number of fused-ring (bicyclic) bond motifs is 9. The molecule has 3 heterocycles. The van der Waals surface area contributed by atoms with Crippen LogP contribution in [-0.2, 0) is 65.9 Å². The Morgan fingerprint density at radius 2 is 0.895 bits per heavy atom. The smallest absolute Gasteiger partial charge is 0.192 e. The molecule has 3 unspecified atom stereocenters. The van der Waals surface area contributed by atoms with Crippen molar-refractivity contribution in [3.05, 3.63) is 100 Å². The third kappa shape index (κ3) is 23.4. The van der Waals surface area contributed by atoms with Crippen LogP contribution in [0.25, 0.3) is 0 Å². The largest absolute Gasteiger partial charge is 0.489 e. The van der Waals surface area contributed by atoms with Crippen molar-refractivity contribution in [2.45, 2.75) is 309 Å². The maximum Gasteiger partial charge on any atom is 0.192 e. The first-order valence-electron chi connectivity index (χ1n) is 38.8. The number of carbonyl (C=O) groups is 6. The predicted molar refractivity (Wildman–Crippen MR) is 433 cm³/mol. The molecule has 9 rings (SSSR count). The number of Topliss-reactive ketones (excluding diaryl/α,β-unsaturated/α-hetero) is 4. The van der Waals surface area contributed by atoms with E-state index in [9.17, 15) is 38.4 Å². The highest BCUT2D eigenvalue weighted by Crippen LogP contribution is 2.57. The van der Waals surface area contributed by atoms with Gasteiger partial charge < -0.3 is 56.3 Å². The average Bonchev–Trinajstić information content (AvgIpc) is 1.60. The summed E-state index contributed by atoms with van der Waals surface area (Å²) in [6.45, 7) is 49.5. The normalized spacial score (nSPS) is 24.0. The average molecular weight is 1520 g/mol. The molecule has 580 valence electrons. The summed E-state index contributed by atoms with van der Waals surface area (Å²) >= 11 is 0. The Morgan fingerprint density at radius 1 is 0.552 bits per heavy atom. The highest BCUT2D eigenvalue weighted by atomic mass is 31.2. The first-order valence-corrected chi connectivity index (χ1v) is 50.3. The molecule has 105 heavy (non-hydrogen) atoms. The Hall–Kier alpha value is -5.34. The molecule has 0 spiro atoms.